The summed E-state index contributed by atoms with van der Waals surface area (Å²) in [6, 6.07) is 7.32. The first kappa shape index (κ1) is 15.1. The van der Waals surface area contributed by atoms with E-state index < -0.39 is 5.97 Å². The summed E-state index contributed by atoms with van der Waals surface area (Å²) in [5, 5.41) is 15.3. The Morgan fingerprint density at radius 1 is 1.28 bits per heavy atom. The molecule has 8 heteroatoms. The van der Waals surface area contributed by atoms with Crippen LogP contribution in [0.25, 0.3) is 33.2 Å². The molecule has 1 aromatic carbocycles. The van der Waals surface area contributed by atoms with Crippen LogP contribution >= 0.6 is 0 Å². The molecule has 4 N–H and O–H groups in total. The molecule has 0 amide bonds. The van der Waals surface area contributed by atoms with E-state index in [1.165, 1.54) is 6.33 Å². The Balaban J connectivity index is 1.98. The lowest BCUT2D eigenvalue weighted by Gasteiger charge is -2.05. The number of H-pyrrole nitrogens is 1. The van der Waals surface area contributed by atoms with E-state index >= 15 is 0 Å². The van der Waals surface area contributed by atoms with E-state index in [-0.39, 0.29) is 11.7 Å². The van der Waals surface area contributed by atoms with Crippen molar-refractivity contribution in [1.29, 1.82) is 0 Å². The second-order valence-corrected chi connectivity index (χ2v) is 6.13. The van der Waals surface area contributed by atoms with E-state index in [1.54, 1.807) is 6.07 Å². The normalized spacial score (nSPS) is 11.6. The van der Waals surface area contributed by atoms with Gasteiger partial charge in [-0.05, 0) is 26.0 Å². The van der Waals surface area contributed by atoms with E-state index in [0.717, 1.165) is 16.5 Å². The van der Waals surface area contributed by atoms with Crippen molar-refractivity contribution in [2.45, 2.75) is 19.9 Å². The number of aromatic nitrogens is 5. The average molecular weight is 336 g/mol. The molecule has 126 valence electrons. The van der Waals surface area contributed by atoms with Gasteiger partial charge in [-0.3, -0.25) is 0 Å². The maximum Gasteiger partial charge on any atom is 0.352 e. The fourth-order valence-electron chi connectivity index (χ4n) is 2.95. The first-order chi connectivity index (χ1) is 12.0. The number of nitrogens with one attached hydrogen (secondary N) is 1. The summed E-state index contributed by atoms with van der Waals surface area (Å²) >= 11 is 0. The van der Waals surface area contributed by atoms with Crippen LogP contribution in [0.2, 0.25) is 0 Å². The van der Waals surface area contributed by atoms with Crippen molar-refractivity contribution in [3.63, 3.8) is 0 Å². The zero-order valence-electron chi connectivity index (χ0n) is 13.7. The summed E-state index contributed by atoms with van der Waals surface area (Å²) in [6.07, 6.45) is 1.43. The minimum absolute atomic E-state index is 0.110. The molecule has 0 aliphatic rings. The summed E-state index contributed by atoms with van der Waals surface area (Å²) in [7, 11) is 0. The molecule has 3 aromatic heterocycles. The van der Waals surface area contributed by atoms with Gasteiger partial charge in [-0.1, -0.05) is 12.1 Å². The molecule has 4 aromatic rings. The Bertz CT molecular complexity index is 1130. The van der Waals surface area contributed by atoms with Crippen LogP contribution in [0.3, 0.4) is 0 Å². The molecule has 8 nitrogen and oxygen atoms in total. The van der Waals surface area contributed by atoms with Crippen LogP contribution in [0.15, 0.2) is 30.6 Å². The molecule has 0 unspecified atom stereocenters. The lowest BCUT2D eigenvalue weighted by molar-refractivity contribution is 0.0691. The predicted molar refractivity (Wildman–Crippen MR) is 94.4 cm³/mol. The van der Waals surface area contributed by atoms with Gasteiger partial charge >= 0.3 is 5.97 Å². The van der Waals surface area contributed by atoms with Crippen LogP contribution in [0.4, 0.5) is 5.82 Å². The Labute approximate surface area is 142 Å². The van der Waals surface area contributed by atoms with Gasteiger partial charge in [0.25, 0.3) is 0 Å². The summed E-state index contributed by atoms with van der Waals surface area (Å²) in [5.41, 5.74) is 9.11. The van der Waals surface area contributed by atoms with E-state index in [4.69, 9.17) is 10.8 Å². The standard InChI is InChI=1S/C17H16N6O2/c1-8(2)23-16-13(15(18)19-7-20-16)14(22-23)10-4-3-9-5-12(17(24)25)21-11(9)6-10/h3-8,21H,1-2H3,(H,24,25)(H2,18,19,20). The topological polar surface area (TPSA) is 123 Å². The second-order valence-electron chi connectivity index (χ2n) is 6.13. The first-order valence-corrected chi connectivity index (χ1v) is 7.81. The zero-order valence-corrected chi connectivity index (χ0v) is 13.7. The molecule has 0 saturated heterocycles. The lowest BCUT2D eigenvalue weighted by Crippen LogP contribution is -2.04. The van der Waals surface area contributed by atoms with Gasteiger partial charge in [0.2, 0.25) is 0 Å². The third kappa shape index (κ3) is 2.30. The lowest BCUT2D eigenvalue weighted by atomic mass is 10.1. The fourth-order valence-corrected chi connectivity index (χ4v) is 2.95. The molecule has 25 heavy (non-hydrogen) atoms. The van der Waals surface area contributed by atoms with E-state index in [2.05, 4.69) is 20.1 Å². The molecule has 0 aliphatic carbocycles. The number of rotatable bonds is 3. The number of fused-ring (bicyclic) bond motifs is 2. The van der Waals surface area contributed by atoms with Gasteiger partial charge in [0.1, 0.15) is 23.5 Å². The molecule has 0 atom stereocenters. The number of carbonyl (C=O) groups is 1. The van der Waals surface area contributed by atoms with Crippen LogP contribution in [0.1, 0.15) is 30.4 Å². The van der Waals surface area contributed by atoms with E-state index in [9.17, 15) is 4.79 Å². The highest BCUT2D eigenvalue weighted by Gasteiger charge is 2.19. The van der Waals surface area contributed by atoms with Crippen molar-refractivity contribution in [1.82, 2.24) is 24.7 Å². The third-order valence-electron chi connectivity index (χ3n) is 4.13. The number of benzene rings is 1. The quantitative estimate of drug-likeness (QED) is 0.528. The molecule has 0 fully saturated rings. The van der Waals surface area contributed by atoms with Gasteiger partial charge < -0.3 is 15.8 Å². The SMILES string of the molecule is CC(C)n1nc(-c2ccc3cc(C(=O)O)[nH]c3c2)c2c(N)ncnc21. The maximum atomic E-state index is 11.1. The molecular weight excluding hydrogens is 320 g/mol. The van der Waals surface area contributed by atoms with Crippen LogP contribution in [0, 0.1) is 0 Å². The number of aromatic amines is 1. The maximum absolute atomic E-state index is 11.1. The van der Waals surface area contributed by atoms with Crippen LogP contribution < -0.4 is 5.73 Å². The summed E-state index contributed by atoms with van der Waals surface area (Å²) in [6.45, 7) is 4.03. The fraction of sp³-hybridized carbons (Fsp3) is 0.176. The number of nitrogen functional groups attached to an aromatic ring is 1. The Kier molecular flexibility index (Phi) is 3.21. The minimum atomic E-state index is -0.995. The van der Waals surface area contributed by atoms with Gasteiger partial charge in [0, 0.05) is 22.5 Å². The molecule has 0 bridgehead atoms. The number of nitrogens with two attached hydrogens (primary N) is 1. The van der Waals surface area contributed by atoms with Crippen molar-refractivity contribution in [2.75, 3.05) is 5.73 Å². The van der Waals surface area contributed by atoms with Gasteiger partial charge in [-0.15, -0.1) is 0 Å². The molecule has 0 aliphatic heterocycles. The molecule has 3 heterocycles. The number of aromatic carboxylic acids is 1. The van der Waals surface area contributed by atoms with Gasteiger partial charge in [-0.2, -0.15) is 5.10 Å². The Morgan fingerprint density at radius 2 is 2.08 bits per heavy atom. The van der Waals surface area contributed by atoms with Crippen molar-refractivity contribution >= 4 is 33.7 Å². The van der Waals surface area contributed by atoms with E-state index in [0.29, 0.717) is 22.5 Å². The van der Waals surface area contributed by atoms with Crippen molar-refractivity contribution in [2.24, 2.45) is 0 Å². The van der Waals surface area contributed by atoms with E-state index in [1.807, 2.05) is 36.7 Å². The minimum Gasteiger partial charge on any atom is -0.477 e. The second kappa shape index (κ2) is 5.30. The van der Waals surface area contributed by atoms with Crippen LogP contribution in [0.5, 0.6) is 0 Å². The number of carboxylic acid groups (broad SMARTS) is 1. The highest BCUT2D eigenvalue weighted by Crippen LogP contribution is 2.33. The highest BCUT2D eigenvalue weighted by molar-refractivity contribution is 6.01. The Morgan fingerprint density at radius 3 is 2.80 bits per heavy atom. The number of hydrogen-bond donors (Lipinski definition) is 3. The van der Waals surface area contributed by atoms with Gasteiger partial charge in [0.15, 0.2) is 5.65 Å². The smallest absolute Gasteiger partial charge is 0.352 e. The van der Waals surface area contributed by atoms with Gasteiger partial charge in [0.05, 0.1) is 5.39 Å². The zero-order chi connectivity index (χ0) is 17.7. The monoisotopic (exact) mass is 336 g/mol. The molecular formula is C17H16N6O2. The van der Waals surface area contributed by atoms with Gasteiger partial charge in [-0.25, -0.2) is 19.4 Å². The first-order valence-electron chi connectivity index (χ1n) is 7.81. The number of hydrogen-bond acceptors (Lipinski definition) is 5. The van der Waals surface area contributed by atoms with Crippen LogP contribution in [-0.4, -0.2) is 35.8 Å². The van der Waals surface area contributed by atoms with Crippen molar-refractivity contribution < 1.29 is 9.90 Å². The average Bonchev–Trinajstić information content (AvgIpc) is 3.16. The highest BCUT2D eigenvalue weighted by atomic mass is 16.4. The van der Waals surface area contributed by atoms with Crippen molar-refractivity contribution in [3.8, 4) is 11.3 Å². The largest absolute Gasteiger partial charge is 0.477 e. The summed E-state index contributed by atoms with van der Waals surface area (Å²) in [5.74, 6) is -0.630. The number of nitrogens with zero attached hydrogens (tertiary/aromatic N) is 4. The molecule has 0 saturated carbocycles. The van der Waals surface area contributed by atoms with Crippen LogP contribution in [-0.2, 0) is 0 Å². The molecule has 0 radical (unpaired) electrons. The third-order valence-corrected chi connectivity index (χ3v) is 4.13. The Hall–Kier alpha value is -3.42. The molecule has 0 spiro atoms. The summed E-state index contributed by atoms with van der Waals surface area (Å²) < 4.78 is 1.81. The number of carboxylic acids is 1. The number of anilines is 1. The summed E-state index contributed by atoms with van der Waals surface area (Å²) in [4.78, 5) is 22.5. The van der Waals surface area contributed by atoms with Crippen molar-refractivity contribution in [3.05, 3.63) is 36.3 Å². The predicted octanol–water partition coefficient (Wildman–Crippen LogP) is 2.84. The molecule has 4 rings (SSSR count).